The molecule has 4 aliphatic heterocycles. The number of aliphatic hydroxyl groups is 1. The number of halogens is 2. The monoisotopic (exact) mass is 581 g/mol. The number of hydrogen-bond donors (Lipinski definition) is 3. The number of nitrogens with one attached hydrogen (secondary N) is 2. The van der Waals surface area contributed by atoms with Crippen LogP contribution in [0, 0.1) is 16.7 Å². The van der Waals surface area contributed by atoms with Gasteiger partial charge in [-0.05, 0) is 50.1 Å². The Labute approximate surface area is 246 Å². The van der Waals surface area contributed by atoms with Crippen LogP contribution < -0.4 is 10.6 Å². The molecule has 0 amide bonds. The maximum absolute atomic E-state index is 13.6. The number of rotatable bonds is 11. The summed E-state index contributed by atoms with van der Waals surface area (Å²) >= 11 is 0. The van der Waals surface area contributed by atoms with E-state index in [0.717, 1.165) is 55.3 Å². The van der Waals surface area contributed by atoms with E-state index in [4.69, 9.17) is 9.73 Å². The Morgan fingerprint density at radius 2 is 2.17 bits per heavy atom. The van der Waals surface area contributed by atoms with Crippen LogP contribution >= 0.6 is 0 Å². The first-order valence-corrected chi connectivity index (χ1v) is 14.8. The molecule has 3 unspecified atom stereocenters. The summed E-state index contributed by atoms with van der Waals surface area (Å²) < 4.78 is 32.6. The number of aliphatic imine (C=N–C) groups is 2. The van der Waals surface area contributed by atoms with E-state index in [-0.39, 0.29) is 24.6 Å². The number of fused-ring (bicyclic) bond motifs is 1. The van der Waals surface area contributed by atoms with E-state index in [0.29, 0.717) is 37.7 Å². The molecule has 4 heterocycles. The minimum Gasteiger partial charge on any atom is -0.366 e. The predicted octanol–water partition coefficient (Wildman–Crippen LogP) is 3.61. The number of alkyl halides is 1. The maximum Gasteiger partial charge on any atom is 0.224 e. The van der Waals surface area contributed by atoms with Crippen LogP contribution in [-0.2, 0) is 4.74 Å². The maximum atomic E-state index is 13.6. The van der Waals surface area contributed by atoms with Gasteiger partial charge in [0.15, 0.2) is 6.17 Å². The Morgan fingerprint density at radius 1 is 1.38 bits per heavy atom. The van der Waals surface area contributed by atoms with Crippen molar-refractivity contribution >= 4 is 12.6 Å². The molecule has 226 valence electrons. The number of piperidine rings is 1. The van der Waals surface area contributed by atoms with Crippen molar-refractivity contribution < 1.29 is 18.6 Å². The largest absolute Gasteiger partial charge is 0.366 e. The summed E-state index contributed by atoms with van der Waals surface area (Å²) in [4.78, 5) is 13.5. The summed E-state index contributed by atoms with van der Waals surface area (Å²) in [7, 11) is 0. The van der Waals surface area contributed by atoms with Gasteiger partial charge in [0.1, 0.15) is 12.0 Å². The zero-order chi connectivity index (χ0) is 29.7. The smallest absolute Gasteiger partial charge is 0.224 e. The molecule has 42 heavy (non-hydrogen) atoms. The van der Waals surface area contributed by atoms with E-state index in [1.54, 1.807) is 19.3 Å². The Balaban J connectivity index is 1.07. The highest BCUT2D eigenvalue weighted by Gasteiger charge is 2.46. The summed E-state index contributed by atoms with van der Waals surface area (Å²) in [6, 6.07) is 2.78. The molecule has 3 atom stereocenters. The molecule has 11 heteroatoms. The number of ether oxygens (including phenoxy) is 1. The van der Waals surface area contributed by atoms with Crippen molar-refractivity contribution in [3.8, 4) is 6.07 Å². The normalized spacial score (nSPS) is 28.0. The minimum absolute atomic E-state index is 0.0106. The highest BCUT2D eigenvalue weighted by molar-refractivity contribution is 5.87. The Bertz CT molecular complexity index is 1260. The second-order valence-corrected chi connectivity index (χ2v) is 11.9. The number of nitrogens with zero attached hydrogens (tertiary/aromatic N) is 5. The van der Waals surface area contributed by atoms with Crippen LogP contribution in [-0.4, -0.2) is 91.1 Å². The van der Waals surface area contributed by atoms with E-state index in [1.165, 1.54) is 0 Å². The lowest BCUT2D eigenvalue weighted by molar-refractivity contribution is -0.282. The van der Waals surface area contributed by atoms with Crippen LogP contribution in [0.3, 0.4) is 0 Å². The van der Waals surface area contributed by atoms with Gasteiger partial charge >= 0.3 is 0 Å². The Hall–Kier alpha value is -3.17. The molecule has 0 aromatic carbocycles. The van der Waals surface area contributed by atoms with Crippen molar-refractivity contribution in [2.24, 2.45) is 15.4 Å². The molecule has 5 aliphatic rings. The molecule has 5 rings (SSSR count). The Morgan fingerprint density at radius 3 is 2.88 bits per heavy atom. The third kappa shape index (κ3) is 6.73. The van der Waals surface area contributed by atoms with Crippen LogP contribution in [0.25, 0.3) is 0 Å². The lowest BCUT2D eigenvalue weighted by Crippen LogP contribution is -2.63. The number of nitriles is 1. The molecule has 1 aliphatic carbocycles. The van der Waals surface area contributed by atoms with Crippen LogP contribution in [0.15, 0.2) is 68.7 Å². The average Bonchev–Trinajstić information content (AvgIpc) is 3.46. The third-order valence-corrected chi connectivity index (χ3v) is 8.95. The van der Waals surface area contributed by atoms with Gasteiger partial charge in [-0.25, -0.2) is 13.8 Å². The lowest BCUT2D eigenvalue weighted by atomic mass is 9.73. The first-order valence-electron chi connectivity index (χ1n) is 14.8. The molecule has 9 nitrogen and oxygen atoms in total. The van der Waals surface area contributed by atoms with Gasteiger partial charge in [0, 0.05) is 81.3 Å². The fraction of sp³-hybridized carbons (Fsp3) is 0.581. The molecule has 2 saturated heterocycles. The highest BCUT2D eigenvalue weighted by atomic mass is 19.2. The van der Waals surface area contributed by atoms with Crippen LogP contribution in [0.2, 0.25) is 0 Å². The first kappa shape index (κ1) is 30.3. The molecule has 3 N–H and O–H groups in total. The van der Waals surface area contributed by atoms with Crippen molar-refractivity contribution in [2.75, 3.05) is 39.3 Å². The van der Waals surface area contributed by atoms with E-state index >= 15 is 0 Å². The van der Waals surface area contributed by atoms with E-state index < -0.39 is 17.9 Å². The molecule has 0 aromatic rings. The fourth-order valence-corrected chi connectivity index (χ4v) is 6.36. The molecule has 0 saturated carbocycles. The summed E-state index contributed by atoms with van der Waals surface area (Å²) in [5.41, 5.74) is 3.60. The van der Waals surface area contributed by atoms with Crippen molar-refractivity contribution in [2.45, 2.75) is 70.2 Å². The quantitative estimate of drug-likeness (QED) is 0.253. The number of allylic oxidation sites excluding steroid dienone is 4. The zero-order valence-electron chi connectivity index (χ0n) is 24.4. The van der Waals surface area contributed by atoms with E-state index in [9.17, 15) is 19.1 Å². The average molecular weight is 582 g/mol. The minimum atomic E-state index is -1.59. The molecule has 0 aromatic heterocycles. The van der Waals surface area contributed by atoms with E-state index in [1.807, 2.05) is 36.4 Å². The summed E-state index contributed by atoms with van der Waals surface area (Å²) in [5, 5.41) is 27.0. The van der Waals surface area contributed by atoms with Gasteiger partial charge in [0.25, 0.3) is 0 Å². The van der Waals surface area contributed by atoms with Gasteiger partial charge in [-0.15, -0.1) is 0 Å². The summed E-state index contributed by atoms with van der Waals surface area (Å²) in [5.74, 6) is -2.29. The van der Waals surface area contributed by atoms with Crippen molar-refractivity contribution in [3.63, 3.8) is 0 Å². The SMILES string of the molecule is C/C=C(\C=NCCC1(CC#N)CN(C2CCN(C(C)(O)OCC3=CCC(F)C(F)=C3)CC2)C1)C1=C2C=CNC2N=CN1. The van der Waals surface area contributed by atoms with Crippen LogP contribution in [0.4, 0.5) is 8.78 Å². The molecular weight excluding hydrogens is 540 g/mol. The van der Waals surface area contributed by atoms with Crippen molar-refractivity contribution in [1.82, 2.24) is 20.4 Å². The molecule has 0 spiro atoms. The van der Waals surface area contributed by atoms with Gasteiger partial charge in [-0.3, -0.25) is 14.8 Å². The van der Waals surface area contributed by atoms with E-state index in [2.05, 4.69) is 26.6 Å². The van der Waals surface area contributed by atoms with Crippen molar-refractivity contribution in [1.29, 1.82) is 5.26 Å². The molecule has 2 fully saturated rings. The number of hydrogen-bond acceptors (Lipinski definition) is 9. The third-order valence-electron chi connectivity index (χ3n) is 8.95. The predicted molar refractivity (Wildman–Crippen MR) is 159 cm³/mol. The van der Waals surface area contributed by atoms with Gasteiger partial charge in [-0.2, -0.15) is 5.26 Å². The molecule has 0 radical (unpaired) electrons. The van der Waals surface area contributed by atoms with Crippen LogP contribution in [0.5, 0.6) is 0 Å². The molecular formula is C31H41F2N7O2. The van der Waals surface area contributed by atoms with Gasteiger partial charge in [0.05, 0.1) is 24.7 Å². The Kier molecular flexibility index (Phi) is 9.38. The standard InChI is InChI=1S/C31H41F2N7O2/c1-3-23(28-25-6-12-36-29(25)38-21-37-28)17-35-13-10-31(9-11-34)19-39(20-31)24-7-14-40(15-8-24)30(2,41)42-18-22-4-5-26(32)27(33)16-22/h3-4,6,12,16-17,21,24,26,29,36,41H,5,7-10,13-15,18-20H2,1-2H3,(H,37,38)/b23-3+,35-17?. The van der Waals surface area contributed by atoms with Gasteiger partial charge < -0.3 is 20.5 Å². The van der Waals surface area contributed by atoms with Crippen molar-refractivity contribution in [3.05, 3.63) is 58.7 Å². The highest BCUT2D eigenvalue weighted by Crippen LogP contribution is 2.40. The second-order valence-electron chi connectivity index (χ2n) is 11.9. The topological polar surface area (TPSA) is 109 Å². The second kappa shape index (κ2) is 13.0. The summed E-state index contributed by atoms with van der Waals surface area (Å²) in [6.45, 7) is 7.34. The van der Waals surface area contributed by atoms with Gasteiger partial charge in [0.2, 0.25) is 5.91 Å². The lowest BCUT2D eigenvalue weighted by Gasteiger charge is -2.54. The summed E-state index contributed by atoms with van der Waals surface area (Å²) in [6.07, 6.45) is 13.8. The van der Waals surface area contributed by atoms with Crippen LogP contribution in [0.1, 0.15) is 46.0 Å². The molecule has 0 bridgehead atoms. The number of likely N-dealkylation sites (tertiary alicyclic amines) is 2. The first-order chi connectivity index (χ1) is 20.2. The fourth-order valence-electron chi connectivity index (χ4n) is 6.36. The van der Waals surface area contributed by atoms with Gasteiger partial charge in [-0.1, -0.05) is 12.2 Å². The zero-order valence-corrected chi connectivity index (χ0v) is 24.4.